The van der Waals surface area contributed by atoms with Gasteiger partial charge in [0.05, 0.1) is 13.2 Å². The second-order valence-electron chi connectivity index (χ2n) is 3.90. The van der Waals surface area contributed by atoms with Crippen LogP contribution in [0.25, 0.3) is 0 Å². The van der Waals surface area contributed by atoms with E-state index in [0.29, 0.717) is 6.61 Å². The van der Waals surface area contributed by atoms with Crippen molar-refractivity contribution in [2.75, 3.05) is 13.2 Å². The van der Waals surface area contributed by atoms with Crippen LogP contribution in [-0.2, 0) is 9.53 Å². The molecule has 0 aromatic rings. The fraction of sp³-hybridized carbons (Fsp3) is 0.875. The molecule has 0 bridgehead atoms. The van der Waals surface area contributed by atoms with Crippen molar-refractivity contribution in [1.82, 2.24) is 0 Å². The van der Waals surface area contributed by atoms with Gasteiger partial charge < -0.3 is 15.6 Å². The Kier molecular flexibility index (Phi) is 1.47. The van der Waals surface area contributed by atoms with Gasteiger partial charge in [0.25, 0.3) is 0 Å². The molecule has 1 saturated carbocycles. The molecule has 1 aliphatic carbocycles. The lowest BCUT2D eigenvalue weighted by atomic mass is 9.59. The lowest BCUT2D eigenvalue weighted by Crippen LogP contribution is -2.63. The molecule has 3 N–H and O–H groups in total. The highest BCUT2D eigenvalue weighted by atomic mass is 16.5. The summed E-state index contributed by atoms with van der Waals surface area (Å²) in [5, 5.41) is 8.97. The Bertz CT molecular complexity index is 224. The van der Waals surface area contributed by atoms with E-state index in [-0.39, 0.29) is 12.0 Å². The van der Waals surface area contributed by atoms with Crippen LogP contribution in [0.3, 0.4) is 0 Å². The van der Waals surface area contributed by atoms with Crippen molar-refractivity contribution in [2.45, 2.75) is 24.8 Å². The molecule has 2 aliphatic rings. The van der Waals surface area contributed by atoms with Crippen molar-refractivity contribution in [3.05, 3.63) is 0 Å². The molecule has 4 nitrogen and oxygen atoms in total. The second-order valence-corrected chi connectivity index (χ2v) is 3.90. The Balaban J connectivity index is 2.29. The molecular formula is C8H13NO3. The van der Waals surface area contributed by atoms with Gasteiger partial charge in [-0.15, -0.1) is 0 Å². The number of hydrogen-bond acceptors (Lipinski definition) is 3. The zero-order valence-electron chi connectivity index (χ0n) is 6.88. The van der Waals surface area contributed by atoms with Crippen molar-refractivity contribution < 1.29 is 14.6 Å². The van der Waals surface area contributed by atoms with E-state index in [4.69, 9.17) is 15.6 Å². The molecule has 1 unspecified atom stereocenters. The smallest absolute Gasteiger partial charge is 0.326 e. The molecule has 4 heteroatoms. The number of nitrogens with two attached hydrogens (primary N) is 1. The number of rotatable bonds is 1. The Morgan fingerprint density at radius 3 is 2.42 bits per heavy atom. The number of carbonyl (C=O) groups is 1. The molecule has 2 fully saturated rings. The predicted molar refractivity (Wildman–Crippen MR) is 41.7 cm³/mol. The van der Waals surface area contributed by atoms with Crippen molar-refractivity contribution >= 4 is 5.97 Å². The molecule has 0 aromatic carbocycles. The van der Waals surface area contributed by atoms with E-state index in [1.54, 1.807) is 0 Å². The zero-order valence-corrected chi connectivity index (χ0v) is 6.88. The van der Waals surface area contributed by atoms with E-state index < -0.39 is 11.5 Å². The van der Waals surface area contributed by atoms with Crippen LogP contribution in [0.2, 0.25) is 0 Å². The van der Waals surface area contributed by atoms with Gasteiger partial charge in [0.2, 0.25) is 0 Å². The normalized spacial score (nSPS) is 38.1. The van der Waals surface area contributed by atoms with Crippen LogP contribution in [0.1, 0.15) is 19.3 Å². The summed E-state index contributed by atoms with van der Waals surface area (Å²) in [5.74, 6) is -0.917. The van der Waals surface area contributed by atoms with Gasteiger partial charge in [-0.1, -0.05) is 6.42 Å². The van der Waals surface area contributed by atoms with Gasteiger partial charge in [0.1, 0.15) is 5.54 Å². The fourth-order valence-electron chi connectivity index (χ4n) is 2.17. The minimum absolute atomic E-state index is 0.169. The predicted octanol–water partition coefficient (Wildman–Crippen LogP) is -0.0310. The standard InChI is InChI=1S/C8H13NO3/c9-8(6(10)11)5-12-4-7(8)2-1-3-7/h1-5,9H2,(H,10,11). The molecule has 0 amide bonds. The largest absolute Gasteiger partial charge is 0.480 e. The van der Waals surface area contributed by atoms with Crippen LogP contribution in [-0.4, -0.2) is 29.8 Å². The minimum Gasteiger partial charge on any atom is -0.480 e. The highest BCUT2D eigenvalue weighted by Crippen LogP contribution is 2.51. The summed E-state index contributed by atoms with van der Waals surface area (Å²) >= 11 is 0. The van der Waals surface area contributed by atoms with E-state index in [9.17, 15) is 4.79 Å². The van der Waals surface area contributed by atoms with Crippen LogP contribution in [0, 0.1) is 5.41 Å². The van der Waals surface area contributed by atoms with Gasteiger partial charge in [-0.05, 0) is 12.8 Å². The van der Waals surface area contributed by atoms with Crippen LogP contribution in [0.4, 0.5) is 0 Å². The van der Waals surface area contributed by atoms with E-state index >= 15 is 0 Å². The van der Waals surface area contributed by atoms with E-state index in [0.717, 1.165) is 19.3 Å². The summed E-state index contributed by atoms with van der Waals surface area (Å²) in [7, 11) is 0. The molecule has 0 radical (unpaired) electrons. The second kappa shape index (κ2) is 2.20. The monoisotopic (exact) mass is 171 g/mol. The summed E-state index contributed by atoms with van der Waals surface area (Å²) in [6.07, 6.45) is 2.88. The number of carboxylic acids is 1. The van der Waals surface area contributed by atoms with Crippen LogP contribution >= 0.6 is 0 Å². The molecule has 0 aromatic heterocycles. The molecule has 2 rings (SSSR count). The Labute approximate surface area is 70.7 Å². The zero-order chi connectivity index (χ0) is 8.82. The van der Waals surface area contributed by atoms with Crippen molar-refractivity contribution in [2.24, 2.45) is 11.1 Å². The van der Waals surface area contributed by atoms with E-state index in [1.807, 2.05) is 0 Å². The average Bonchev–Trinajstić information content (AvgIpc) is 2.26. The topological polar surface area (TPSA) is 72.6 Å². The molecule has 1 heterocycles. The highest BCUT2D eigenvalue weighted by Gasteiger charge is 2.61. The van der Waals surface area contributed by atoms with Gasteiger partial charge in [-0.2, -0.15) is 0 Å². The van der Waals surface area contributed by atoms with Gasteiger partial charge in [-0.3, -0.25) is 4.79 Å². The Morgan fingerprint density at radius 2 is 2.08 bits per heavy atom. The summed E-state index contributed by atoms with van der Waals surface area (Å²) in [5.41, 5.74) is 4.45. The number of ether oxygens (including phenoxy) is 1. The summed E-state index contributed by atoms with van der Waals surface area (Å²) in [6.45, 7) is 0.693. The fourth-order valence-corrected chi connectivity index (χ4v) is 2.17. The van der Waals surface area contributed by atoms with Gasteiger partial charge in [-0.25, -0.2) is 0 Å². The summed E-state index contributed by atoms with van der Waals surface area (Å²) < 4.78 is 5.17. The van der Waals surface area contributed by atoms with Gasteiger partial charge in [0.15, 0.2) is 0 Å². The molecule has 12 heavy (non-hydrogen) atoms. The van der Waals surface area contributed by atoms with Gasteiger partial charge >= 0.3 is 5.97 Å². The summed E-state index contributed by atoms with van der Waals surface area (Å²) in [4.78, 5) is 10.9. The van der Waals surface area contributed by atoms with Crippen LogP contribution in [0.15, 0.2) is 0 Å². The molecule has 1 spiro atoms. The Morgan fingerprint density at radius 1 is 1.42 bits per heavy atom. The third-order valence-electron chi connectivity index (χ3n) is 3.35. The van der Waals surface area contributed by atoms with Crippen LogP contribution in [0.5, 0.6) is 0 Å². The maximum Gasteiger partial charge on any atom is 0.326 e. The first-order valence-corrected chi connectivity index (χ1v) is 4.21. The van der Waals surface area contributed by atoms with Gasteiger partial charge in [0, 0.05) is 5.41 Å². The molecule has 1 atom stereocenters. The third-order valence-corrected chi connectivity index (χ3v) is 3.35. The maximum atomic E-state index is 10.9. The van der Waals surface area contributed by atoms with Crippen molar-refractivity contribution in [3.63, 3.8) is 0 Å². The minimum atomic E-state index is -1.12. The lowest BCUT2D eigenvalue weighted by Gasteiger charge is -2.45. The number of carboxylic acid groups (broad SMARTS) is 1. The first-order valence-electron chi connectivity index (χ1n) is 4.21. The molecule has 68 valence electrons. The highest BCUT2D eigenvalue weighted by molar-refractivity contribution is 5.80. The summed E-state index contributed by atoms with van der Waals surface area (Å²) in [6, 6.07) is 0. The quantitative estimate of drug-likeness (QED) is 0.581. The van der Waals surface area contributed by atoms with E-state index in [2.05, 4.69) is 0 Å². The third kappa shape index (κ3) is 0.716. The average molecular weight is 171 g/mol. The van der Waals surface area contributed by atoms with Crippen LogP contribution < -0.4 is 5.73 Å². The van der Waals surface area contributed by atoms with E-state index in [1.165, 1.54) is 0 Å². The molecular weight excluding hydrogens is 158 g/mol. The number of hydrogen-bond donors (Lipinski definition) is 2. The lowest BCUT2D eigenvalue weighted by molar-refractivity contribution is -0.149. The van der Waals surface area contributed by atoms with Crippen molar-refractivity contribution in [3.8, 4) is 0 Å². The maximum absolute atomic E-state index is 10.9. The first-order chi connectivity index (χ1) is 5.61. The first kappa shape index (κ1) is 8.01. The SMILES string of the molecule is NC1(C(=O)O)COCC12CCC2. The molecule has 1 saturated heterocycles. The molecule has 1 aliphatic heterocycles. The number of aliphatic carboxylic acids is 1. The Hall–Kier alpha value is -0.610. The van der Waals surface area contributed by atoms with Crippen molar-refractivity contribution in [1.29, 1.82) is 0 Å².